The van der Waals surface area contributed by atoms with Crippen LogP contribution in [0.1, 0.15) is 5.56 Å². The van der Waals surface area contributed by atoms with Crippen LogP contribution in [0.15, 0.2) is 47.6 Å². The van der Waals surface area contributed by atoms with Crippen molar-refractivity contribution in [1.29, 1.82) is 0 Å². The van der Waals surface area contributed by atoms with Gasteiger partial charge in [0.05, 0.1) is 24.4 Å². The molecule has 2 aromatic carbocycles. The second-order valence-electron chi connectivity index (χ2n) is 6.88. The van der Waals surface area contributed by atoms with Crippen LogP contribution in [0.3, 0.4) is 0 Å². The monoisotopic (exact) mass is 470 g/mol. The molecule has 33 heavy (non-hydrogen) atoms. The van der Waals surface area contributed by atoms with E-state index in [4.69, 9.17) is 16.3 Å². The van der Waals surface area contributed by atoms with E-state index in [1.165, 1.54) is 24.4 Å². The van der Waals surface area contributed by atoms with Crippen LogP contribution in [0, 0.1) is 10.1 Å². The quantitative estimate of drug-likeness (QED) is 0.266. The molecule has 4 rings (SSSR count). The van der Waals surface area contributed by atoms with Gasteiger partial charge in [-0.05, 0) is 30.3 Å². The van der Waals surface area contributed by atoms with Gasteiger partial charge >= 0.3 is 0 Å². The number of hydrazone groups is 1. The summed E-state index contributed by atoms with van der Waals surface area (Å²) in [5.74, 6) is 0.704. The average Bonchev–Trinajstić information content (AvgIpc) is 2.82. The largest absolute Gasteiger partial charge is 0.507 e. The number of nitro benzene ring substituents is 1. The molecule has 1 saturated heterocycles. The number of ether oxygens (including phenoxy) is 1. The minimum absolute atomic E-state index is 0.143. The van der Waals surface area contributed by atoms with Crippen molar-refractivity contribution >= 4 is 47.0 Å². The van der Waals surface area contributed by atoms with Gasteiger partial charge in [0, 0.05) is 41.5 Å². The van der Waals surface area contributed by atoms with Gasteiger partial charge in [0.2, 0.25) is 17.8 Å². The molecule has 13 heteroatoms. The van der Waals surface area contributed by atoms with Crippen LogP contribution in [-0.4, -0.2) is 57.5 Å². The first kappa shape index (κ1) is 22.2. The highest BCUT2D eigenvalue weighted by atomic mass is 35.5. The number of phenolic OH excluding ortho intramolecular Hbond substituents is 1. The number of non-ortho nitro benzene ring substituents is 1. The highest BCUT2D eigenvalue weighted by Gasteiger charge is 2.17. The summed E-state index contributed by atoms with van der Waals surface area (Å²) in [7, 11) is 0. The lowest BCUT2D eigenvalue weighted by Gasteiger charge is -2.27. The van der Waals surface area contributed by atoms with Crippen LogP contribution < -0.4 is 15.6 Å². The van der Waals surface area contributed by atoms with E-state index >= 15 is 0 Å². The number of nitrogens with zero attached hydrogens (tertiary/aromatic N) is 6. The molecule has 0 unspecified atom stereocenters. The molecule has 170 valence electrons. The summed E-state index contributed by atoms with van der Waals surface area (Å²) in [5.41, 5.74) is 3.42. The number of benzene rings is 2. The Bertz CT molecular complexity index is 1170. The van der Waals surface area contributed by atoms with Gasteiger partial charge in [-0.25, -0.2) is 5.43 Å². The fourth-order valence-electron chi connectivity index (χ4n) is 2.96. The Kier molecular flexibility index (Phi) is 6.76. The highest BCUT2D eigenvalue weighted by molar-refractivity contribution is 6.30. The van der Waals surface area contributed by atoms with E-state index < -0.39 is 4.92 Å². The zero-order chi connectivity index (χ0) is 23.2. The van der Waals surface area contributed by atoms with E-state index in [1.54, 1.807) is 24.3 Å². The second-order valence-corrected chi connectivity index (χ2v) is 7.32. The van der Waals surface area contributed by atoms with Gasteiger partial charge < -0.3 is 20.1 Å². The van der Waals surface area contributed by atoms with Crippen molar-refractivity contribution < 1.29 is 14.8 Å². The number of anilines is 4. The maximum absolute atomic E-state index is 11.0. The molecule has 1 aliphatic heterocycles. The maximum atomic E-state index is 11.0. The summed E-state index contributed by atoms with van der Waals surface area (Å²) in [6.07, 6.45) is 1.24. The number of morpholine rings is 1. The van der Waals surface area contributed by atoms with Crippen molar-refractivity contribution in [2.24, 2.45) is 5.10 Å². The van der Waals surface area contributed by atoms with Gasteiger partial charge in [-0.2, -0.15) is 20.1 Å². The van der Waals surface area contributed by atoms with Crippen LogP contribution in [-0.2, 0) is 4.74 Å². The van der Waals surface area contributed by atoms with E-state index in [-0.39, 0.29) is 28.9 Å². The predicted molar refractivity (Wildman–Crippen MR) is 124 cm³/mol. The Hall–Kier alpha value is -4.03. The highest BCUT2D eigenvalue weighted by Crippen LogP contribution is 2.22. The third kappa shape index (κ3) is 5.81. The second kappa shape index (κ2) is 10.1. The summed E-state index contributed by atoms with van der Waals surface area (Å²) in [4.78, 5) is 25.6. The molecule has 1 aromatic heterocycles. The lowest BCUT2D eigenvalue weighted by atomic mass is 10.2. The zero-order valence-corrected chi connectivity index (χ0v) is 17.9. The molecule has 2 heterocycles. The van der Waals surface area contributed by atoms with Gasteiger partial charge in [-0.1, -0.05) is 11.6 Å². The third-order valence-electron chi connectivity index (χ3n) is 4.61. The summed E-state index contributed by atoms with van der Waals surface area (Å²) in [6.45, 7) is 2.35. The standard InChI is InChI=1S/C20H19ClN8O4/c21-14-1-3-15(4-2-14)23-18-24-19(26-20(25-18)28-7-9-33-10-8-28)27-22-12-13-11-16(29(31)32)5-6-17(13)30/h1-6,11-12,30H,7-10H2,(H2,23,24,25,26,27)/b22-12+. The van der Waals surface area contributed by atoms with Crippen LogP contribution in [0.4, 0.5) is 29.2 Å². The molecule has 0 bridgehead atoms. The van der Waals surface area contributed by atoms with Crippen LogP contribution >= 0.6 is 11.6 Å². The van der Waals surface area contributed by atoms with Gasteiger partial charge in [-0.15, -0.1) is 0 Å². The van der Waals surface area contributed by atoms with Gasteiger partial charge in [0.15, 0.2) is 0 Å². The number of aromatic hydroxyl groups is 1. The van der Waals surface area contributed by atoms with Crippen molar-refractivity contribution in [2.75, 3.05) is 41.9 Å². The number of phenols is 1. The lowest BCUT2D eigenvalue weighted by molar-refractivity contribution is -0.384. The predicted octanol–water partition coefficient (Wildman–Crippen LogP) is 3.17. The molecule has 0 aliphatic carbocycles. The molecular formula is C20H19ClN8O4. The van der Waals surface area contributed by atoms with Crippen molar-refractivity contribution in [3.63, 3.8) is 0 Å². The van der Waals surface area contributed by atoms with E-state index in [2.05, 4.69) is 30.8 Å². The third-order valence-corrected chi connectivity index (χ3v) is 4.86. The Balaban J connectivity index is 1.58. The number of hydrogen-bond donors (Lipinski definition) is 3. The molecule has 3 N–H and O–H groups in total. The molecule has 3 aromatic rings. The number of nitro groups is 1. The Morgan fingerprint density at radius 1 is 1.12 bits per heavy atom. The average molecular weight is 471 g/mol. The Labute approximate surface area is 193 Å². The molecule has 1 fully saturated rings. The molecule has 0 atom stereocenters. The van der Waals surface area contributed by atoms with Crippen molar-refractivity contribution in [1.82, 2.24) is 15.0 Å². The van der Waals surface area contributed by atoms with E-state index in [0.29, 0.717) is 37.3 Å². The Morgan fingerprint density at radius 3 is 2.58 bits per heavy atom. The van der Waals surface area contributed by atoms with E-state index in [0.717, 1.165) is 5.69 Å². The van der Waals surface area contributed by atoms with Crippen LogP contribution in [0.5, 0.6) is 5.75 Å². The molecule has 0 saturated carbocycles. The first-order valence-electron chi connectivity index (χ1n) is 9.86. The number of hydrogen-bond acceptors (Lipinski definition) is 11. The van der Waals surface area contributed by atoms with Gasteiger partial charge in [0.1, 0.15) is 5.75 Å². The Morgan fingerprint density at radius 2 is 1.85 bits per heavy atom. The van der Waals surface area contributed by atoms with E-state index in [1.807, 2.05) is 4.90 Å². The summed E-state index contributed by atoms with van der Waals surface area (Å²) in [6, 6.07) is 10.7. The lowest BCUT2D eigenvalue weighted by Crippen LogP contribution is -2.37. The summed E-state index contributed by atoms with van der Waals surface area (Å²) >= 11 is 5.94. The topological polar surface area (TPSA) is 151 Å². The summed E-state index contributed by atoms with van der Waals surface area (Å²) in [5, 5.41) is 28.6. The normalized spacial score (nSPS) is 13.8. The number of aromatic nitrogens is 3. The first-order valence-corrected chi connectivity index (χ1v) is 10.2. The number of nitrogens with one attached hydrogen (secondary N) is 2. The van der Waals surface area contributed by atoms with Gasteiger partial charge in [-0.3, -0.25) is 10.1 Å². The smallest absolute Gasteiger partial charge is 0.270 e. The molecule has 1 aliphatic rings. The maximum Gasteiger partial charge on any atom is 0.270 e. The van der Waals surface area contributed by atoms with Crippen molar-refractivity contribution in [3.05, 3.63) is 63.2 Å². The van der Waals surface area contributed by atoms with Crippen molar-refractivity contribution in [3.8, 4) is 5.75 Å². The molecule has 0 amide bonds. The van der Waals surface area contributed by atoms with Crippen LogP contribution in [0.2, 0.25) is 5.02 Å². The zero-order valence-electron chi connectivity index (χ0n) is 17.2. The molecule has 0 spiro atoms. The SMILES string of the molecule is O=[N+]([O-])c1ccc(O)c(/C=N/Nc2nc(Nc3ccc(Cl)cc3)nc(N3CCOCC3)n2)c1. The van der Waals surface area contributed by atoms with Gasteiger partial charge in [0.25, 0.3) is 5.69 Å². The number of rotatable bonds is 7. The number of halogens is 1. The first-order chi connectivity index (χ1) is 16.0. The minimum atomic E-state index is -0.556. The molecule has 0 radical (unpaired) electrons. The van der Waals surface area contributed by atoms with E-state index in [9.17, 15) is 15.2 Å². The fraction of sp³-hybridized carbons (Fsp3) is 0.200. The molecule has 12 nitrogen and oxygen atoms in total. The van der Waals surface area contributed by atoms with Crippen molar-refractivity contribution in [2.45, 2.75) is 0 Å². The summed E-state index contributed by atoms with van der Waals surface area (Å²) < 4.78 is 5.39. The minimum Gasteiger partial charge on any atom is -0.507 e. The fourth-order valence-corrected chi connectivity index (χ4v) is 3.08. The van der Waals surface area contributed by atoms with Crippen LogP contribution in [0.25, 0.3) is 0 Å². The molecular weight excluding hydrogens is 452 g/mol.